The van der Waals surface area contributed by atoms with Crippen LogP contribution in [0, 0.1) is 5.41 Å². The fraction of sp³-hybridized carbons (Fsp3) is 0.917. The number of unbranched alkanes of at least 4 members (excludes halogenated alkanes) is 5. The van der Waals surface area contributed by atoms with Gasteiger partial charge in [-0.25, -0.2) is 0 Å². The van der Waals surface area contributed by atoms with Crippen LogP contribution in [-0.2, 0) is 19.1 Å². The van der Waals surface area contributed by atoms with E-state index in [2.05, 4.69) is 13.8 Å². The van der Waals surface area contributed by atoms with Gasteiger partial charge in [-0.05, 0) is 0 Å². The van der Waals surface area contributed by atoms with Gasteiger partial charge < -0.3 is 0 Å². The molecule has 5 heteroatoms. The Morgan fingerprint density at radius 1 is 0.690 bits per heavy atom. The molecule has 29 heavy (non-hydrogen) atoms. The van der Waals surface area contributed by atoms with Crippen molar-refractivity contribution in [2.24, 2.45) is 5.41 Å². The summed E-state index contributed by atoms with van der Waals surface area (Å²) in [5.74, 6) is 0.00667. The van der Waals surface area contributed by atoms with E-state index in [-0.39, 0.29) is 38.5 Å². The maximum absolute atomic E-state index is 12.8. The van der Waals surface area contributed by atoms with Crippen molar-refractivity contribution in [2.75, 3.05) is 13.2 Å². The molecule has 2 radical (unpaired) electrons. The van der Waals surface area contributed by atoms with Crippen molar-refractivity contribution >= 4 is 33.1 Å². The van der Waals surface area contributed by atoms with Gasteiger partial charge in [-0.1, -0.05) is 0 Å². The van der Waals surface area contributed by atoms with Crippen LogP contribution < -0.4 is 0 Å². The van der Waals surface area contributed by atoms with Crippen LogP contribution in [0.15, 0.2) is 0 Å². The van der Waals surface area contributed by atoms with Crippen LogP contribution in [0.25, 0.3) is 0 Å². The molecule has 170 valence electrons. The average Bonchev–Trinajstić information content (AvgIpc) is 2.71. The van der Waals surface area contributed by atoms with Crippen molar-refractivity contribution in [3.8, 4) is 0 Å². The van der Waals surface area contributed by atoms with Crippen molar-refractivity contribution in [1.29, 1.82) is 0 Å². The summed E-state index contributed by atoms with van der Waals surface area (Å²) >= 11 is -0.283. The second kappa shape index (κ2) is 19.7. The molecular weight excluding hydrogens is 471 g/mol. The van der Waals surface area contributed by atoms with Crippen LogP contribution in [0.5, 0.6) is 0 Å². The Bertz CT molecular complexity index is 404. The van der Waals surface area contributed by atoms with Gasteiger partial charge in [-0.15, -0.1) is 0 Å². The summed E-state index contributed by atoms with van der Waals surface area (Å²) in [6, 6.07) is 0. The third-order valence-electron chi connectivity index (χ3n) is 5.52. The van der Waals surface area contributed by atoms with E-state index in [1.54, 1.807) is 0 Å². The van der Waals surface area contributed by atoms with Gasteiger partial charge >= 0.3 is 191 Å². The SMILES string of the molecule is CCCCC(CCCC)(CCC[CH2][Sn][CH2]CCCCC(=O)OCC)C(=O)OCC. The van der Waals surface area contributed by atoms with Crippen molar-refractivity contribution in [3.05, 3.63) is 0 Å². The Hall–Kier alpha value is -0.261. The number of esters is 2. The van der Waals surface area contributed by atoms with Gasteiger partial charge in [0, 0.05) is 0 Å². The van der Waals surface area contributed by atoms with Gasteiger partial charge in [0.15, 0.2) is 0 Å². The zero-order valence-corrected chi connectivity index (χ0v) is 22.5. The molecule has 4 nitrogen and oxygen atoms in total. The first kappa shape index (κ1) is 28.7. The quantitative estimate of drug-likeness (QED) is 0.102. The fourth-order valence-corrected chi connectivity index (χ4v) is 7.33. The molecular formula is C24H46O4Sn. The van der Waals surface area contributed by atoms with Gasteiger partial charge in [-0.3, -0.25) is 0 Å². The van der Waals surface area contributed by atoms with Crippen LogP contribution in [0.3, 0.4) is 0 Å². The van der Waals surface area contributed by atoms with Gasteiger partial charge in [-0.2, -0.15) is 0 Å². The normalized spacial score (nSPS) is 11.4. The molecule has 0 aliphatic carbocycles. The summed E-state index contributed by atoms with van der Waals surface area (Å²) in [7, 11) is 0. The van der Waals surface area contributed by atoms with Crippen LogP contribution in [0.4, 0.5) is 0 Å². The molecule has 0 N–H and O–H groups in total. The molecule has 0 saturated carbocycles. The number of carbonyl (C=O) groups is 2. The zero-order valence-electron chi connectivity index (χ0n) is 19.7. The summed E-state index contributed by atoms with van der Waals surface area (Å²) in [6.07, 6.45) is 13.9. The van der Waals surface area contributed by atoms with Crippen molar-refractivity contribution < 1.29 is 19.1 Å². The average molecular weight is 517 g/mol. The molecule has 0 heterocycles. The molecule has 0 aromatic heterocycles. The summed E-state index contributed by atoms with van der Waals surface area (Å²) in [6.45, 7) is 9.16. The van der Waals surface area contributed by atoms with Crippen LogP contribution in [0.2, 0.25) is 8.87 Å². The summed E-state index contributed by atoms with van der Waals surface area (Å²) in [5, 5.41) is 0. The van der Waals surface area contributed by atoms with E-state index in [4.69, 9.17) is 9.47 Å². The minimum atomic E-state index is -0.283. The fourth-order valence-electron chi connectivity index (χ4n) is 3.76. The number of ether oxygens (including phenoxy) is 2. The zero-order chi connectivity index (χ0) is 21.8. The van der Waals surface area contributed by atoms with Crippen LogP contribution in [0.1, 0.15) is 111 Å². The summed E-state index contributed by atoms with van der Waals surface area (Å²) in [4.78, 5) is 24.1. The van der Waals surface area contributed by atoms with Crippen molar-refractivity contribution in [2.45, 2.75) is 120 Å². The summed E-state index contributed by atoms with van der Waals surface area (Å²) < 4.78 is 13.3. The molecule has 0 spiro atoms. The first-order chi connectivity index (χ1) is 14.1. The van der Waals surface area contributed by atoms with E-state index in [0.717, 1.165) is 64.2 Å². The standard InChI is InChI=1S/C16H31O2.C8H15O2.Sn/c1-5-9-12-16(13-10-6-2,14-11-7-3)15(17)18-8-4;1-3-5-6-7-8(9)10-4-2;/h1,5-14H2,2-4H3;1,3-7H2,2H3;. The van der Waals surface area contributed by atoms with E-state index in [1.165, 1.54) is 21.7 Å². The Balaban J connectivity index is 4.13. The van der Waals surface area contributed by atoms with E-state index in [0.29, 0.717) is 19.6 Å². The second-order valence-electron chi connectivity index (χ2n) is 8.03. The van der Waals surface area contributed by atoms with E-state index >= 15 is 0 Å². The monoisotopic (exact) mass is 518 g/mol. The van der Waals surface area contributed by atoms with Crippen molar-refractivity contribution in [3.63, 3.8) is 0 Å². The third-order valence-corrected chi connectivity index (χ3v) is 9.56. The van der Waals surface area contributed by atoms with E-state index in [9.17, 15) is 9.59 Å². The second-order valence-corrected chi connectivity index (χ2v) is 12.3. The molecule has 0 unspecified atom stereocenters. The molecule has 0 amide bonds. The van der Waals surface area contributed by atoms with E-state index in [1.807, 2.05) is 13.8 Å². The van der Waals surface area contributed by atoms with Crippen LogP contribution >= 0.6 is 0 Å². The van der Waals surface area contributed by atoms with E-state index < -0.39 is 0 Å². The Morgan fingerprint density at radius 3 is 1.79 bits per heavy atom. The van der Waals surface area contributed by atoms with Crippen LogP contribution in [-0.4, -0.2) is 46.3 Å². The molecule has 0 aliphatic heterocycles. The molecule has 0 atom stereocenters. The Labute approximate surface area is 190 Å². The first-order valence-electron chi connectivity index (χ1n) is 12.1. The predicted molar refractivity (Wildman–Crippen MR) is 122 cm³/mol. The van der Waals surface area contributed by atoms with Gasteiger partial charge in [0.2, 0.25) is 0 Å². The van der Waals surface area contributed by atoms with Crippen molar-refractivity contribution in [1.82, 2.24) is 0 Å². The maximum atomic E-state index is 12.8. The third kappa shape index (κ3) is 14.4. The molecule has 0 fully saturated rings. The van der Waals surface area contributed by atoms with Gasteiger partial charge in [0.05, 0.1) is 0 Å². The topological polar surface area (TPSA) is 52.6 Å². The molecule has 0 bridgehead atoms. The number of carbonyl (C=O) groups excluding carboxylic acids is 2. The predicted octanol–water partition coefficient (Wildman–Crippen LogP) is 6.75. The molecule has 0 aromatic rings. The Morgan fingerprint density at radius 2 is 1.24 bits per heavy atom. The molecule has 0 aromatic carbocycles. The molecule has 0 aliphatic rings. The first-order valence-corrected chi connectivity index (χ1v) is 16.1. The molecule has 0 rings (SSSR count). The summed E-state index contributed by atoms with van der Waals surface area (Å²) in [5.41, 5.74) is -0.236. The van der Waals surface area contributed by atoms with Gasteiger partial charge in [0.1, 0.15) is 0 Å². The Kier molecular flexibility index (Phi) is 19.5. The molecule has 0 saturated heterocycles. The van der Waals surface area contributed by atoms with Gasteiger partial charge in [0.25, 0.3) is 0 Å². The number of hydrogen-bond acceptors (Lipinski definition) is 4. The minimum absolute atomic E-state index is 0.0521. The number of hydrogen-bond donors (Lipinski definition) is 0. The number of rotatable bonds is 20.